The number of hydrogen-bond acceptors (Lipinski definition) is 3. The van der Waals surface area contributed by atoms with Crippen LogP contribution in [0.15, 0.2) is 67.1 Å². The smallest absolute Gasteiger partial charge is 0.226 e. The zero-order chi connectivity index (χ0) is 19.5. The number of aromatic nitrogens is 2. The van der Waals surface area contributed by atoms with Crippen molar-refractivity contribution in [1.82, 2.24) is 14.9 Å². The summed E-state index contributed by atoms with van der Waals surface area (Å²) in [5.74, 6) is 0.541. The summed E-state index contributed by atoms with van der Waals surface area (Å²) in [4.78, 5) is 33.6. The molecule has 2 N–H and O–H groups in total. The molecule has 2 heterocycles. The van der Waals surface area contributed by atoms with Gasteiger partial charge in [0.1, 0.15) is 5.82 Å². The normalized spacial score (nSPS) is 15.2. The van der Waals surface area contributed by atoms with E-state index in [2.05, 4.69) is 15.3 Å². The molecule has 1 aliphatic rings. The minimum atomic E-state index is -0.318. The molecule has 3 aromatic rings. The molecule has 0 spiro atoms. The average molecular weight is 372 g/mol. The highest BCUT2D eigenvalue weighted by Crippen LogP contribution is 2.33. The molecule has 0 saturated heterocycles. The van der Waals surface area contributed by atoms with Gasteiger partial charge in [0.15, 0.2) is 0 Å². The van der Waals surface area contributed by atoms with Gasteiger partial charge in [0, 0.05) is 36.8 Å². The first-order valence-electron chi connectivity index (χ1n) is 9.07. The number of nitrogens with one attached hydrogen (secondary N) is 2. The van der Waals surface area contributed by atoms with Crippen molar-refractivity contribution in [3.63, 3.8) is 0 Å². The Morgan fingerprint density at radius 2 is 1.93 bits per heavy atom. The van der Waals surface area contributed by atoms with Gasteiger partial charge in [-0.1, -0.05) is 24.3 Å². The molecule has 2 amide bonds. The molecule has 0 bridgehead atoms. The number of aromatic amines is 1. The second-order valence-electron chi connectivity index (χ2n) is 6.65. The highest BCUT2D eigenvalue weighted by Gasteiger charge is 2.28. The highest BCUT2D eigenvalue weighted by atomic mass is 16.2. The molecule has 28 heavy (non-hydrogen) atoms. The number of benzene rings is 2. The minimum Gasteiger partial charge on any atom is -0.345 e. The molecule has 1 aromatic heterocycles. The van der Waals surface area contributed by atoms with Gasteiger partial charge in [-0.15, -0.1) is 0 Å². The molecule has 1 atom stereocenters. The molecule has 0 aliphatic carbocycles. The number of carbonyl (C=O) groups excluding carboxylic acids is 2. The molecule has 140 valence electrons. The van der Waals surface area contributed by atoms with Crippen LogP contribution in [0.5, 0.6) is 0 Å². The van der Waals surface area contributed by atoms with E-state index in [0.29, 0.717) is 5.69 Å². The van der Waals surface area contributed by atoms with Crippen molar-refractivity contribution in [1.29, 1.82) is 0 Å². The largest absolute Gasteiger partial charge is 0.345 e. The van der Waals surface area contributed by atoms with Crippen molar-refractivity contribution in [2.45, 2.75) is 19.4 Å². The summed E-state index contributed by atoms with van der Waals surface area (Å²) in [6, 6.07) is 15.0. The van der Waals surface area contributed by atoms with Gasteiger partial charge < -0.3 is 15.2 Å². The Balaban J connectivity index is 1.49. The van der Waals surface area contributed by atoms with E-state index in [9.17, 15) is 9.59 Å². The number of H-pyrrole nitrogens is 1. The molecule has 0 fully saturated rings. The first-order valence-corrected chi connectivity index (χ1v) is 9.07. The monoisotopic (exact) mass is 372 g/mol. The molecule has 2 aromatic carbocycles. The van der Waals surface area contributed by atoms with Crippen LogP contribution in [0.25, 0.3) is 17.5 Å². The Morgan fingerprint density at radius 3 is 2.64 bits per heavy atom. The van der Waals surface area contributed by atoms with Gasteiger partial charge >= 0.3 is 0 Å². The lowest BCUT2D eigenvalue weighted by molar-refractivity contribution is -0.129. The number of carbonyl (C=O) groups is 2. The third kappa shape index (κ3) is 3.57. The van der Waals surface area contributed by atoms with Crippen LogP contribution in [0.4, 0.5) is 5.69 Å². The lowest BCUT2D eigenvalue weighted by atomic mass is 9.93. The predicted octanol–water partition coefficient (Wildman–Crippen LogP) is 3.98. The second-order valence-corrected chi connectivity index (χ2v) is 6.65. The molecule has 0 radical (unpaired) electrons. The van der Waals surface area contributed by atoms with Gasteiger partial charge in [-0.25, -0.2) is 4.98 Å². The molecule has 0 saturated carbocycles. The van der Waals surface area contributed by atoms with Gasteiger partial charge in [-0.2, -0.15) is 0 Å². The lowest BCUT2D eigenvalue weighted by Crippen LogP contribution is -2.33. The number of fused-ring (bicyclic) bond motifs is 1. The van der Waals surface area contributed by atoms with Gasteiger partial charge in [-0.05, 0) is 41.5 Å². The van der Waals surface area contributed by atoms with Gasteiger partial charge in [0.25, 0.3) is 0 Å². The maximum atomic E-state index is 12.7. The Morgan fingerprint density at radius 1 is 1.14 bits per heavy atom. The van der Waals surface area contributed by atoms with Crippen LogP contribution in [0.2, 0.25) is 0 Å². The fraction of sp³-hybridized carbons (Fsp3) is 0.136. The quantitative estimate of drug-likeness (QED) is 0.727. The number of anilines is 1. The first-order chi connectivity index (χ1) is 13.6. The van der Waals surface area contributed by atoms with Crippen molar-refractivity contribution in [3.05, 3.63) is 78.3 Å². The van der Waals surface area contributed by atoms with E-state index in [0.717, 1.165) is 22.5 Å². The molecule has 4 rings (SSSR count). The van der Waals surface area contributed by atoms with E-state index in [4.69, 9.17) is 0 Å². The third-order valence-corrected chi connectivity index (χ3v) is 4.79. The lowest BCUT2D eigenvalue weighted by Gasteiger charge is -2.32. The van der Waals surface area contributed by atoms with E-state index in [1.807, 2.05) is 54.6 Å². The summed E-state index contributed by atoms with van der Waals surface area (Å²) in [6.07, 6.45) is 7.30. The molecule has 1 aliphatic heterocycles. The molecule has 1 unspecified atom stereocenters. The van der Waals surface area contributed by atoms with E-state index in [-0.39, 0.29) is 24.3 Å². The van der Waals surface area contributed by atoms with E-state index >= 15 is 0 Å². The summed E-state index contributed by atoms with van der Waals surface area (Å²) in [7, 11) is 0. The van der Waals surface area contributed by atoms with Crippen molar-refractivity contribution in [2.24, 2.45) is 0 Å². The number of hydrogen-bond donors (Lipinski definition) is 2. The van der Waals surface area contributed by atoms with E-state index in [1.165, 1.54) is 6.92 Å². The standard InChI is InChI=1S/C22H20N4O2/c1-15(27)26-13-10-16-4-2-3-5-19(16)20(26)14-21(28)25-18-8-6-17(7-9-18)22-23-11-12-24-22/h2-13,20H,14H2,1H3,(H,23,24)(H,25,28). The van der Waals surface area contributed by atoms with Crippen molar-refractivity contribution in [2.75, 3.05) is 5.32 Å². The Bertz CT molecular complexity index is 1020. The van der Waals surface area contributed by atoms with Crippen molar-refractivity contribution < 1.29 is 9.59 Å². The van der Waals surface area contributed by atoms with Crippen LogP contribution >= 0.6 is 0 Å². The molecular formula is C22H20N4O2. The van der Waals surface area contributed by atoms with Crippen LogP contribution in [-0.2, 0) is 9.59 Å². The number of rotatable bonds is 4. The zero-order valence-electron chi connectivity index (χ0n) is 15.4. The predicted molar refractivity (Wildman–Crippen MR) is 108 cm³/mol. The topological polar surface area (TPSA) is 78.1 Å². The molecule has 6 heteroatoms. The van der Waals surface area contributed by atoms with Crippen LogP contribution in [-0.4, -0.2) is 26.7 Å². The summed E-state index contributed by atoms with van der Waals surface area (Å²) in [6.45, 7) is 1.51. The second kappa shape index (κ2) is 7.52. The zero-order valence-corrected chi connectivity index (χ0v) is 15.4. The highest BCUT2D eigenvalue weighted by molar-refractivity contribution is 5.92. The van der Waals surface area contributed by atoms with E-state index < -0.39 is 0 Å². The summed E-state index contributed by atoms with van der Waals surface area (Å²) >= 11 is 0. The van der Waals surface area contributed by atoms with E-state index in [1.54, 1.807) is 23.5 Å². The Hall–Kier alpha value is -3.67. The fourth-order valence-electron chi connectivity index (χ4n) is 3.44. The van der Waals surface area contributed by atoms with Gasteiger partial charge in [0.05, 0.1) is 12.5 Å². The molecule has 6 nitrogen and oxygen atoms in total. The average Bonchev–Trinajstić information content (AvgIpc) is 3.23. The maximum absolute atomic E-state index is 12.7. The number of amides is 2. The first kappa shape index (κ1) is 17.7. The maximum Gasteiger partial charge on any atom is 0.226 e. The van der Waals surface area contributed by atoms with Crippen molar-refractivity contribution in [3.8, 4) is 11.4 Å². The fourth-order valence-corrected chi connectivity index (χ4v) is 3.44. The summed E-state index contributed by atoms with van der Waals surface area (Å²) in [5, 5.41) is 2.92. The summed E-state index contributed by atoms with van der Waals surface area (Å²) in [5.41, 5.74) is 3.65. The van der Waals surface area contributed by atoms with Crippen LogP contribution in [0.1, 0.15) is 30.5 Å². The number of nitrogens with zero attached hydrogens (tertiary/aromatic N) is 2. The summed E-state index contributed by atoms with van der Waals surface area (Å²) < 4.78 is 0. The number of imidazole rings is 1. The Labute approximate surface area is 162 Å². The minimum absolute atomic E-state index is 0.0913. The molecular weight excluding hydrogens is 352 g/mol. The Kier molecular flexibility index (Phi) is 4.76. The van der Waals surface area contributed by atoms with Crippen molar-refractivity contribution >= 4 is 23.6 Å². The van der Waals surface area contributed by atoms with Gasteiger partial charge in [0.2, 0.25) is 11.8 Å². The third-order valence-electron chi connectivity index (χ3n) is 4.79. The van der Waals surface area contributed by atoms with Gasteiger partial charge in [-0.3, -0.25) is 9.59 Å². The van der Waals surface area contributed by atoms with Crippen LogP contribution in [0.3, 0.4) is 0 Å². The SMILES string of the molecule is CC(=O)N1C=Cc2ccccc2C1CC(=O)Nc1ccc(-c2ncc[nH]2)cc1. The van der Waals surface area contributed by atoms with Crippen LogP contribution < -0.4 is 5.32 Å². The van der Waals surface area contributed by atoms with Crippen LogP contribution in [0, 0.1) is 0 Å².